The van der Waals surface area contributed by atoms with Gasteiger partial charge in [0, 0.05) is 17.8 Å². The zero-order valence-corrected chi connectivity index (χ0v) is 12.6. The summed E-state index contributed by atoms with van der Waals surface area (Å²) in [5.41, 5.74) is 9.78. The molecule has 1 spiro atoms. The highest BCUT2D eigenvalue weighted by Crippen LogP contribution is 2.49. The van der Waals surface area contributed by atoms with Crippen molar-refractivity contribution in [3.8, 4) is 0 Å². The molecule has 0 bridgehead atoms. The second-order valence-corrected chi connectivity index (χ2v) is 6.32. The maximum absolute atomic E-state index is 12.6. The second-order valence-electron chi connectivity index (χ2n) is 6.32. The van der Waals surface area contributed by atoms with Crippen molar-refractivity contribution in [3.63, 3.8) is 0 Å². The Morgan fingerprint density at radius 1 is 1.55 bits per heavy atom. The van der Waals surface area contributed by atoms with Gasteiger partial charge in [0.15, 0.2) is 5.78 Å². The van der Waals surface area contributed by atoms with E-state index in [1.165, 1.54) is 0 Å². The molecule has 2 heterocycles. The number of hydrogen-bond acceptors (Lipinski definition) is 4. The quantitative estimate of drug-likeness (QED) is 0.445. The van der Waals surface area contributed by atoms with Gasteiger partial charge in [-0.05, 0) is 34.9 Å². The van der Waals surface area contributed by atoms with E-state index in [9.17, 15) is 4.79 Å². The van der Waals surface area contributed by atoms with Crippen molar-refractivity contribution in [1.29, 1.82) is 0 Å². The molecule has 0 unspecified atom stereocenters. The van der Waals surface area contributed by atoms with E-state index >= 15 is 0 Å². The fourth-order valence-corrected chi connectivity index (χ4v) is 3.66. The van der Waals surface area contributed by atoms with Crippen LogP contribution in [0.3, 0.4) is 0 Å². The van der Waals surface area contributed by atoms with E-state index in [2.05, 4.69) is 30.1 Å². The summed E-state index contributed by atoms with van der Waals surface area (Å²) in [5, 5.41) is 3.49. The van der Waals surface area contributed by atoms with E-state index in [1.807, 2.05) is 6.08 Å². The van der Waals surface area contributed by atoms with E-state index in [-0.39, 0.29) is 18.2 Å². The van der Waals surface area contributed by atoms with Crippen LogP contribution in [0.5, 0.6) is 0 Å². The van der Waals surface area contributed by atoms with E-state index in [0.717, 1.165) is 18.4 Å². The number of hydrogen-bond donors (Lipinski definition) is 0. The smallest absolute Gasteiger partial charge is 0.215 e. The topological polar surface area (TPSA) is 84.3 Å². The summed E-state index contributed by atoms with van der Waals surface area (Å²) < 4.78 is 11.9. The average Bonchev–Trinajstić information content (AvgIpc) is 2.73. The fourth-order valence-electron chi connectivity index (χ4n) is 3.66. The van der Waals surface area contributed by atoms with Crippen LogP contribution in [0.1, 0.15) is 26.2 Å². The first-order valence-electron chi connectivity index (χ1n) is 7.44. The number of carbonyl (C=O) groups is 1. The third-order valence-corrected chi connectivity index (χ3v) is 4.80. The number of carbonyl (C=O) groups excluding carboxylic acids is 1. The third kappa shape index (κ3) is 2.34. The van der Waals surface area contributed by atoms with Crippen molar-refractivity contribution in [2.45, 2.75) is 38.1 Å². The lowest BCUT2D eigenvalue weighted by molar-refractivity contribution is -0.265. The first-order valence-corrected chi connectivity index (χ1v) is 7.44. The number of allylic oxidation sites excluding steroid dienone is 2. The van der Waals surface area contributed by atoms with Crippen LogP contribution in [0.15, 0.2) is 41.3 Å². The minimum Gasteiger partial charge on any atom is -0.462 e. The van der Waals surface area contributed by atoms with Crippen LogP contribution < -0.4 is 0 Å². The van der Waals surface area contributed by atoms with Crippen LogP contribution in [-0.2, 0) is 14.3 Å². The summed E-state index contributed by atoms with van der Waals surface area (Å²) in [5.74, 6) is 0.0585. The first kappa shape index (κ1) is 14.9. The predicted octanol–water partition coefficient (Wildman–Crippen LogP) is 3.42. The molecule has 0 aromatic heterocycles. The Morgan fingerprint density at radius 2 is 2.32 bits per heavy atom. The molecule has 3 rings (SSSR count). The lowest BCUT2D eigenvalue weighted by atomic mass is 9.73. The zero-order valence-electron chi connectivity index (χ0n) is 12.6. The minimum absolute atomic E-state index is 0.0730. The fraction of sp³-hybridized carbons (Fsp3) is 0.562. The molecule has 22 heavy (non-hydrogen) atoms. The molecular weight excluding hydrogens is 282 g/mol. The number of nitrogens with zero attached hydrogens (tertiary/aromatic N) is 3. The number of ketones is 1. The maximum atomic E-state index is 12.6. The SMILES string of the molecule is C=C1C[C@@]2(C[C@H](C)[C@H]3CC=C(CN=[N+]=[N-])C(=O)[C@@H]3O2)OC1=C. The van der Waals surface area contributed by atoms with Crippen molar-refractivity contribution in [2.75, 3.05) is 6.54 Å². The van der Waals surface area contributed by atoms with Crippen molar-refractivity contribution < 1.29 is 14.3 Å². The van der Waals surface area contributed by atoms with Gasteiger partial charge in [-0.25, -0.2) is 0 Å². The molecule has 4 atom stereocenters. The number of ether oxygens (including phenoxy) is 2. The number of fused-ring (bicyclic) bond motifs is 1. The van der Waals surface area contributed by atoms with Crippen LogP contribution >= 0.6 is 0 Å². The average molecular weight is 301 g/mol. The summed E-state index contributed by atoms with van der Waals surface area (Å²) in [6.45, 7) is 9.96. The second kappa shape index (κ2) is 5.30. The molecule has 116 valence electrons. The Balaban J connectivity index is 1.86. The highest BCUT2D eigenvalue weighted by atomic mass is 16.7. The van der Waals surface area contributed by atoms with Crippen LogP contribution in [0, 0.1) is 11.8 Å². The third-order valence-electron chi connectivity index (χ3n) is 4.80. The zero-order chi connectivity index (χ0) is 15.9. The molecule has 6 heteroatoms. The molecule has 0 saturated carbocycles. The van der Waals surface area contributed by atoms with E-state index in [4.69, 9.17) is 15.0 Å². The van der Waals surface area contributed by atoms with Gasteiger partial charge in [-0.3, -0.25) is 4.79 Å². The summed E-state index contributed by atoms with van der Waals surface area (Å²) in [4.78, 5) is 15.4. The van der Waals surface area contributed by atoms with Gasteiger partial charge in [-0.2, -0.15) is 0 Å². The van der Waals surface area contributed by atoms with Gasteiger partial charge in [0.25, 0.3) is 0 Å². The van der Waals surface area contributed by atoms with Gasteiger partial charge in [0.1, 0.15) is 11.9 Å². The van der Waals surface area contributed by atoms with Crippen LogP contribution in [0.2, 0.25) is 0 Å². The summed E-state index contributed by atoms with van der Waals surface area (Å²) >= 11 is 0. The number of Topliss-reactive ketones (excluding diaryl/α,β-unsaturated/α-hetero) is 1. The molecule has 2 fully saturated rings. The Bertz CT molecular complexity index is 615. The van der Waals surface area contributed by atoms with E-state index in [0.29, 0.717) is 23.7 Å². The van der Waals surface area contributed by atoms with Gasteiger partial charge in [-0.15, -0.1) is 0 Å². The monoisotopic (exact) mass is 301 g/mol. The van der Waals surface area contributed by atoms with Crippen LogP contribution in [-0.4, -0.2) is 24.2 Å². The Hall–Kier alpha value is -2.04. The van der Waals surface area contributed by atoms with Crippen LogP contribution in [0.25, 0.3) is 10.4 Å². The highest BCUT2D eigenvalue weighted by Gasteiger charge is 2.53. The van der Waals surface area contributed by atoms with Gasteiger partial charge < -0.3 is 9.47 Å². The molecular formula is C16H19N3O3. The van der Waals surface area contributed by atoms with Gasteiger partial charge in [0.05, 0.1) is 6.54 Å². The number of rotatable bonds is 2. The summed E-state index contributed by atoms with van der Waals surface area (Å²) in [7, 11) is 0. The summed E-state index contributed by atoms with van der Waals surface area (Å²) in [6.07, 6.45) is 3.35. The molecule has 1 aliphatic carbocycles. The first-order chi connectivity index (χ1) is 10.5. The normalized spacial score (nSPS) is 37.4. The van der Waals surface area contributed by atoms with Crippen molar-refractivity contribution in [2.24, 2.45) is 17.0 Å². The lowest BCUT2D eigenvalue weighted by Crippen LogP contribution is -2.53. The largest absolute Gasteiger partial charge is 0.462 e. The maximum Gasteiger partial charge on any atom is 0.215 e. The highest BCUT2D eigenvalue weighted by molar-refractivity contribution is 6.00. The molecule has 0 amide bonds. The van der Waals surface area contributed by atoms with Crippen molar-refractivity contribution in [3.05, 3.63) is 46.6 Å². The summed E-state index contributed by atoms with van der Waals surface area (Å²) in [6, 6.07) is 0. The lowest BCUT2D eigenvalue weighted by Gasteiger charge is -2.46. The van der Waals surface area contributed by atoms with Gasteiger partial charge in [-0.1, -0.05) is 31.3 Å². The predicted molar refractivity (Wildman–Crippen MR) is 80.6 cm³/mol. The molecule has 2 aliphatic heterocycles. The standard InChI is InChI=1S/C16H19N3O3/c1-9-6-16(21-11(9)3)7-10(2)13-5-4-12(8-18-19-17)14(20)15(13)22-16/h4,10,13,15H,1,3,5-8H2,2H3/t10-,13+,15+,16+/m0/s1. The van der Waals surface area contributed by atoms with E-state index in [1.54, 1.807) is 0 Å². The van der Waals surface area contributed by atoms with Crippen molar-refractivity contribution in [1.82, 2.24) is 0 Å². The number of azide groups is 1. The molecule has 0 aromatic carbocycles. The minimum atomic E-state index is -0.814. The van der Waals surface area contributed by atoms with Gasteiger partial charge in [0.2, 0.25) is 5.79 Å². The Morgan fingerprint density at radius 3 is 2.95 bits per heavy atom. The molecule has 2 saturated heterocycles. The molecule has 0 aromatic rings. The molecule has 6 nitrogen and oxygen atoms in total. The van der Waals surface area contributed by atoms with Gasteiger partial charge >= 0.3 is 0 Å². The molecule has 0 radical (unpaired) electrons. The molecule has 3 aliphatic rings. The molecule has 0 N–H and O–H groups in total. The Kier molecular flexibility index (Phi) is 3.59. The van der Waals surface area contributed by atoms with E-state index < -0.39 is 11.9 Å². The van der Waals surface area contributed by atoms with Crippen molar-refractivity contribution >= 4 is 5.78 Å². The van der Waals surface area contributed by atoms with Crippen LogP contribution in [0.4, 0.5) is 0 Å². The Labute approximate surface area is 129 Å².